The van der Waals surface area contributed by atoms with Gasteiger partial charge in [-0.1, -0.05) is 54.6 Å². The minimum absolute atomic E-state index is 1.17. The fraction of sp³-hybridized carbons (Fsp3) is 0. The zero-order chi connectivity index (χ0) is 18.5. The molecule has 0 aliphatic rings. The fourth-order valence-electron chi connectivity index (χ4n) is 4.27. The van der Waals surface area contributed by atoms with Gasteiger partial charge in [-0.2, -0.15) is 0 Å². The maximum Gasteiger partial charge on any atom is 0.0541 e. The molecule has 0 radical (unpaired) electrons. The molecular weight excluding hydrogens is 340 g/mol. The highest BCUT2D eigenvalue weighted by Gasteiger charge is 2.11. The molecule has 0 spiro atoms. The molecule has 28 heavy (non-hydrogen) atoms. The molecule has 0 N–H and O–H groups in total. The summed E-state index contributed by atoms with van der Waals surface area (Å²) in [5.74, 6) is 0. The second kappa shape index (κ2) is 5.86. The highest BCUT2D eigenvalue weighted by molar-refractivity contribution is 6.09. The first-order chi connectivity index (χ1) is 13.9. The molecule has 2 heteroatoms. The van der Waals surface area contributed by atoms with Crippen LogP contribution in [0.1, 0.15) is 0 Å². The van der Waals surface area contributed by atoms with Crippen LogP contribution in [0.2, 0.25) is 0 Å². The predicted molar refractivity (Wildman–Crippen MR) is 118 cm³/mol. The summed E-state index contributed by atoms with van der Waals surface area (Å²) in [6, 6.07) is 36.7. The maximum absolute atomic E-state index is 2.35. The van der Waals surface area contributed by atoms with Crippen LogP contribution in [-0.2, 0) is 0 Å². The van der Waals surface area contributed by atoms with Gasteiger partial charge in [-0.3, -0.25) is 0 Å². The Kier molecular flexibility index (Phi) is 3.20. The van der Waals surface area contributed by atoms with E-state index in [9.17, 15) is 0 Å². The zero-order valence-electron chi connectivity index (χ0n) is 15.3. The van der Waals surface area contributed by atoms with Crippen LogP contribution in [0.15, 0.2) is 109 Å². The molecule has 0 atom stereocenters. The zero-order valence-corrected chi connectivity index (χ0v) is 15.3. The van der Waals surface area contributed by atoms with Gasteiger partial charge in [-0.25, -0.2) is 0 Å². The van der Waals surface area contributed by atoms with Crippen molar-refractivity contribution in [3.05, 3.63) is 109 Å². The maximum atomic E-state index is 2.35. The van der Waals surface area contributed by atoms with Crippen LogP contribution in [0.4, 0.5) is 0 Å². The van der Waals surface area contributed by atoms with E-state index in [0.717, 1.165) is 0 Å². The van der Waals surface area contributed by atoms with Crippen molar-refractivity contribution in [2.75, 3.05) is 0 Å². The van der Waals surface area contributed by atoms with Gasteiger partial charge < -0.3 is 9.13 Å². The van der Waals surface area contributed by atoms with Gasteiger partial charge in [0.1, 0.15) is 0 Å². The van der Waals surface area contributed by atoms with Gasteiger partial charge in [0, 0.05) is 28.3 Å². The second-order valence-electron chi connectivity index (χ2n) is 7.13. The van der Waals surface area contributed by atoms with Crippen molar-refractivity contribution < 1.29 is 0 Å². The van der Waals surface area contributed by atoms with Crippen LogP contribution in [0.3, 0.4) is 0 Å². The topological polar surface area (TPSA) is 9.86 Å². The summed E-state index contributed by atoms with van der Waals surface area (Å²) in [4.78, 5) is 0. The Bertz CT molecular complexity index is 1400. The predicted octanol–water partition coefficient (Wildman–Crippen LogP) is 6.73. The standard InChI is InChI=1S/C26H18N2/c1-4-10-24-19(7-1)17-18-27(24)20-13-15-21(16-14-20)28-25-11-5-2-8-22(25)23-9-3-6-12-26(23)28/h1-18H. The van der Waals surface area contributed by atoms with Crippen molar-refractivity contribution in [1.29, 1.82) is 0 Å². The molecule has 132 valence electrons. The molecule has 0 unspecified atom stereocenters. The minimum atomic E-state index is 1.17. The van der Waals surface area contributed by atoms with E-state index < -0.39 is 0 Å². The number of rotatable bonds is 2. The molecule has 0 bridgehead atoms. The van der Waals surface area contributed by atoms with Crippen molar-refractivity contribution in [3.8, 4) is 11.4 Å². The van der Waals surface area contributed by atoms with Gasteiger partial charge in [0.25, 0.3) is 0 Å². The number of hydrogen-bond acceptors (Lipinski definition) is 0. The first kappa shape index (κ1) is 15.3. The molecule has 0 aliphatic heterocycles. The average Bonchev–Trinajstić information content (AvgIpc) is 3.33. The summed E-state index contributed by atoms with van der Waals surface area (Å²) in [5.41, 5.74) is 6.06. The summed E-state index contributed by atoms with van der Waals surface area (Å²) in [6.45, 7) is 0. The Balaban J connectivity index is 1.55. The van der Waals surface area contributed by atoms with Crippen molar-refractivity contribution in [2.45, 2.75) is 0 Å². The van der Waals surface area contributed by atoms with Crippen LogP contribution in [0.25, 0.3) is 44.1 Å². The Morgan fingerprint density at radius 2 is 0.964 bits per heavy atom. The van der Waals surface area contributed by atoms with E-state index in [0.29, 0.717) is 0 Å². The number of aromatic nitrogens is 2. The molecule has 2 heterocycles. The van der Waals surface area contributed by atoms with E-state index >= 15 is 0 Å². The third-order valence-corrected chi connectivity index (χ3v) is 5.57. The number of nitrogens with zero attached hydrogens (tertiary/aromatic N) is 2. The average molecular weight is 358 g/mol. The Hall–Kier alpha value is -3.78. The van der Waals surface area contributed by atoms with E-state index in [2.05, 4.69) is 118 Å². The van der Waals surface area contributed by atoms with Gasteiger partial charge in [0.2, 0.25) is 0 Å². The Labute approximate surface area is 162 Å². The minimum Gasteiger partial charge on any atom is -0.317 e. The molecule has 0 fully saturated rings. The lowest BCUT2D eigenvalue weighted by molar-refractivity contribution is 1.11. The van der Waals surface area contributed by atoms with Gasteiger partial charge in [0.05, 0.1) is 16.6 Å². The van der Waals surface area contributed by atoms with Gasteiger partial charge in [-0.05, 0) is 53.9 Å². The third-order valence-electron chi connectivity index (χ3n) is 5.57. The molecule has 0 aliphatic carbocycles. The van der Waals surface area contributed by atoms with Crippen molar-refractivity contribution >= 4 is 32.7 Å². The summed E-state index contributed by atoms with van der Waals surface area (Å²) in [7, 11) is 0. The van der Waals surface area contributed by atoms with Gasteiger partial charge >= 0.3 is 0 Å². The quantitative estimate of drug-likeness (QED) is 0.325. The third kappa shape index (κ3) is 2.15. The summed E-state index contributed by atoms with van der Waals surface area (Å²) in [6.07, 6.45) is 2.14. The van der Waals surface area contributed by atoms with E-state index in [-0.39, 0.29) is 0 Å². The van der Waals surface area contributed by atoms with Crippen LogP contribution >= 0.6 is 0 Å². The number of para-hydroxylation sites is 3. The number of hydrogen-bond donors (Lipinski definition) is 0. The van der Waals surface area contributed by atoms with E-state index in [1.54, 1.807) is 0 Å². The van der Waals surface area contributed by atoms with Crippen molar-refractivity contribution in [3.63, 3.8) is 0 Å². The molecule has 0 amide bonds. The Morgan fingerprint density at radius 1 is 0.429 bits per heavy atom. The van der Waals surface area contributed by atoms with Crippen LogP contribution in [0, 0.1) is 0 Å². The summed E-state index contributed by atoms with van der Waals surface area (Å²) in [5, 5.41) is 3.84. The monoisotopic (exact) mass is 358 g/mol. The lowest BCUT2D eigenvalue weighted by atomic mass is 10.2. The normalized spacial score (nSPS) is 11.6. The van der Waals surface area contributed by atoms with Crippen LogP contribution in [-0.4, -0.2) is 9.13 Å². The lowest BCUT2D eigenvalue weighted by Gasteiger charge is -2.10. The molecule has 2 nitrogen and oxygen atoms in total. The molecule has 4 aromatic carbocycles. The largest absolute Gasteiger partial charge is 0.317 e. The molecular formula is C26H18N2. The first-order valence-electron chi connectivity index (χ1n) is 9.55. The fourth-order valence-corrected chi connectivity index (χ4v) is 4.27. The highest BCUT2D eigenvalue weighted by atomic mass is 15.0. The van der Waals surface area contributed by atoms with Crippen LogP contribution in [0.5, 0.6) is 0 Å². The lowest BCUT2D eigenvalue weighted by Crippen LogP contribution is -1.96. The SMILES string of the molecule is c1ccc2c(c1)ccn2-c1ccc(-n2c3ccccc3c3ccccc32)cc1. The molecule has 0 saturated heterocycles. The van der Waals surface area contributed by atoms with E-state index in [1.807, 2.05) is 0 Å². The number of benzene rings is 4. The molecule has 2 aromatic heterocycles. The highest BCUT2D eigenvalue weighted by Crippen LogP contribution is 2.32. The van der Waals surface area contributed by atoms with Gasteiger partial charge in [-0.15, -0.1) is 0 Å². The van der Waals surface area contributed by atoms with Gasteiger partial charge in [0.15, 0.2) is 0 Å². The molecule has 6 aromatic rings. The van der Waals surface area contributed by atoms with E-state index in [1.165, 1.54) is 44.1 Å². The first-order valence-corrected chi connectivity index (χ1v) is 9.55. The number of fused-ring (bicyclic) bond motifs is 4. The summed E-state index contributed by atoms with van der Waals surface area (Å²) >= 11 is 0. The second-order valence-corrected chi connectivity index (χ2v) is 7.13. The Morgan fingerprint density at radius 3 is 1.64 bits per heavy atom. The van der Waals surface area contributed by atoms with Crippen molar-refractivity contribution in [1.82, 2.24) is 9.13 Å². The van der Waals surface area contributed by atoms with Crippen molar-refractivity contribution in [2.24, 2.45) is 0 Å². The molecule has 6 rings (SSSR count). The smallest absolute Gasteiger partial charge is 0.0541 e. The molecule has 0 saturated carbocycles. The summed E-state index contributed by atoms with van der Waals surface area (Å²) < 4.78 is 4.59. The van der Waals surface area contributed by atoms with Crippen LogP contribution < -0.4 is 0 Å². The van der Waals surface area contributed by atoms with E-state index in [4.69, 9.17) is 0 Å².